The molecule has 11 heteroatoms. The summed E-state index contributed by atoms with van der Waals surface area (Å²) in [4.78, 5) is 21.8. The first kappa shape index (κ1) is 22.3. The van der Waals surface area contributed by atoms with Crippen LogP contribution in [0, 0.1) is 0 Å². The Morgan fingerprint density at radius 1 is 1.25 bits per heavy atom. The Balaban J connectivity index is 2.24. The van der Waals surface area contributed by atoms with E-state index >= 15 is 0 Å². The van der Waals surface area contributed by atoms with Gasteiger partial charge in [-0.3, -0.25) is 9.59 Å². The Morgan fingerprint density at radius 3 is 2.39 bits per heavy atom. The molecular formula is C17H24N2O7S2. The van der Waals surface area contributed by atoms with Crippen molar-refractivity contribution in [3.05, 3.63) is 29.8 Å². The van der Waals surface area contributed by atoms with Crippen LogP contribution in [0.2, 0.25) is 0 Å². The number of hydrogen-bond donors (Lipinski definition) is 2. The van der Waals surface area contributed by atoms with E-state index in [1.54, 1.807) is 12.1 Å². The van der Waals surface area contributed by atoms with E-state index in [0.717, 1.165) is 9.87 Å². The number of carbonyl (C=O) groups excluding carboxylic acids is 1. The molecule has 1 heterocycles. The highest BCUT2D eigenvalue weighted by atomic mass is 32.2. The Hall–Kier alpha value is -1.98. The average molecular weight is 433 g/mol. The van der Waals surface area contributed by atoms with Crippen molar-refractivity contribution >= 4 is 31.7 Å². The second kappa shape index (κ2) is 9.01. The molecule has 2 rings (SSSR count). The van der Waals surface area contributed by atoms with Crippen molar-refractivity contribution in [1.82, 2.24) is 9.62 Å². The maximum absolute atomic E-state index is 13.1. The van der Waals surface area contributed by atoms with E-state index in [-0.39, 0.29) is 54.7 Å². The number of nitrogens with zero attached hydrogens (tertiary/aromatic N) is 1. The predicted molar refractivity (Wildman–Crippen MR) is 102 cm³/mol. The van der Waals surface area contributed by atoms with Crippen LogP contribution in [0.5, 0.6) is 0 Å². The summed E-state index contributed by atoms with van der Waals surface area (Å²) >= 11 is 0. The zero-order chi connectivity index (χ0) is 20.9. The monoisotopic (exact) mass is 432 g/mol. The average Bonchev–Trinajstić information content (AvgIpc) is 2.96. The van der Waals surface area contributed by atoms with Crippen LogP contribution in [0.1, 0.15) is 31.7 Å². The van der Waals surface area contributed by atoms with Gasteiger partial charge in [-0.25, -0.2) is 16.8 Å². The molecule has 28 heavy (non-hydrogen) atoms. The van der Waals surface area contributed by atoms with Gasteiger partial charge in [-0.15, -0.1) is 0 Å². The quantitative estimate of drug-likeness (QED) is 0.575. The molecule has 9 nitrogen and oxygen atoms in total. The van der Waals surface area contributed by atoms with Crippen LogP contribution in [0.3, 0.4) is 0 Å². The lowest BCUT2D eigenvalue weighted by Crippen LogP contribution is -2.41. The van der Waals surface area contributed by atoms with E-state index < -0.39 is 31.9 Å². The van der Waals surface area contributed by atoms with E-state index in [0.29, 0.717) is 0 Å². The summed E-state index contributed by atoms with van der Waals surface area (Å²) in [6, 6.07) is 5.25. The normalized spacial score (nSPS) is 18.9. The van der Waals surface area contributed by atoms with Crippen molar-refractivity contribution < 1.29 is 31.5 Å². The number of aliphatic carboxylic acids is 1. The Kier molecular flexibility index (Phi) is 7.18. The molecule has 2 N–H and O–H groups in total. The molecule has 1 atom stereocenters. The second-order valence-corrected chi connectivity index (χ2v) is 10.8. The maximum Gasteiger partial charge on any atom is 0.303 e. The van der Waals surface area contributed by atoms with Gasteiger partial charge in [-0.2, -0.15) is 4.31 Å². The first-order chi connectivity index (χ1) is 13.0. The highest BCUT2D eigenvalue weighted by molar-refractivity contribution is 7.92. The number of sulfone groups is 1. The summed E-state index contributed by atoms with van der Waals surface area (Å²) in [5.41, 5.74) is 0.718. The van der Waals surface area contributed by atoms with Gasteiger partial charge in [0.2, 0.25) is 15.9 Å². The van der Waals surface area contributed by atoms with E-state index in [9.17, 15) is 26.4 Å². The molecule has 0 aliphatic carbocycles. The molecule has 0 saturated carbocycles. The van der Waals surface area contributed by atoms with Crippen LogP contribution >= 0.6 is 0 Å². The molecule has 1 amide bonds. The van der Waals surface area contributed by atoms with Gasteiger partial charge in [0, 0.05) is 32.5 Å². The number of nitrogens with one attached hydrogen (secondary N) is 1. The first-order valence-corrected chi connectivity index (χ1v) is 12.0. The number of carboxylic acids is 1. The molecule has 0 aromatic heterocycles. The van der Waals surface area contributed by atoms with Gasteiger partial charge in [0.1, 0.15) is 0 Å². The van der Waals surface area contributed by atoms with Gasteiger partial charge in [-0.05, 0) is 30.5 Å². The molecule has 1 aromatic carbocycles. The van der Waals surface area contributed by atoms with Crippen molar-refractivity contribution in [3.63, 3.8) is 0 Å². The SMILES string of the molecule is CC(=O)NCc1ccc(S(=O)(=O)N(CCCC(=O)O)[C@@H]2CCS(=O)(=O)C2)cc1. The van der Waals surface area contributed by atoms with E-state index in [1.165, 1.54) is 19.1 Å². The lowest BCUT2D eigenvalue weighted by molar-refractivity contribution is -0.137. The van der Waals surface area contributed by atoms with Gasteiger partial charge >= 0.3 is 5.97 Å². The number of amides is 1. The molecule has 1 aromatic rings. The van der Waals surface area contributed by atoms with E-state index in [1.807, 2.05) is 0 Å². The third-order valence-corrected chi connectivity index (χ3v) is 8.17. The summed E-state index contributed by atoms with van der Waals surface area (Å²) in [7, 11) is -7.30. The second-order valence-electron chi connectivity index (χ2n) is 6.72. The molecule has 156 valence electrons. The molecule has 0 radical (unpaired) electrons. The third-order valence-electron chi connectivity index (χ3n) is 4.46. The van der Waals surface area contributed by atoms with Crippen LogP contribution in [-0.2, 0) is 36.0 Å². The maximum atomic E-state index is 13.1. The smallest absolute Gasteiger partial charge is 0.303 e. The predicted octanol–water partition coefficient (Wildman–Crippen LogP) is 0.365. The topological polar surface area (TPSA) is 138 Å². The highest BCUT2D eigenvalue weighted by Gasteiger charge is 2.38. The van der Waals surface area contributed by atoms with Crippen LogP contribution in [0.4, 0.5) is 0 Å². The van der Waals surface area contributed by atoms with Crippen LogP contribution < -0.4 is 5.32 Å². The van der Waals surface area contributed by atoms with Gasteiger partial charge in [0.25, 0.3) is 0 Å². The summed E-state index contributed by atoms with van der Waals surface area (Å²) in [5, 5.41) is 11.4. The Labute approximate surface area is 164 Å². The fourth-order valence-electron chi connectivity index (χ4n) is 3.03. The molecular weight excluding hydrogens is 408 g/mol. The van der Waals surface area contributed by atoms with Crippen molar-refractivity contribution in [2.75, 3.05) is 18.1 Å². The number of carboxylic acid groups (broad SMARTS) is 1. The molecule has 1 aliphatic heterocycles. The molecule has 0 spiro atoms. The Bertz CT molecular complexity index is 925. The van der Waals surface area contributed by atoms with E-state index in [2.05, 4.69) is 5.32 Å². The molecule has 1 fully saturated rings. The number of benzene rings is 1. The van der Waals surface area contributed by atoms with Crippen molar-refractivity contribution in [1.29, 1.82) is 0 Å². The van der Waals surface area contributed by atoms with Crippen molar-refractivity contribution in [2.45, 2.75) is 43.7 Å². The number of rotatable bonds is 9. The van der Waals surface area contributed by atoms with E-state index in [4.69, 9.17) is 5.11 Å². The van der Waals surface area contributed by atoms with Crippen molar-refractivity contribution in [2.24, 2.45) is 0 Å². The minimum Gasteiger partial charge on any atom is -0.481 e. The fourth-order valence-corrected chi connectivity index (χ4v) is 6.55. The van der Waals surface area contributed by atoms with Crippen molar-refractivity contribution in [3.8, 4) is 0 Å². The van der Waals surface area contributed by atoms with Gasteiger partial charge < -0.3 is 10.4 Å². The minimum absolute atomic E-state index is 0.00121. The summed E-state index contributed by atoms with van der Waals surface area (Å²) in [6.07, 6.45) is 0.0715. The zero-order valence-corrected chi connectivity index (χ0v) is 17.1. The largest absolute Gasteiger partial charge is 0.481 e. The summed E-state index contributed by atoms with van der Waals surface area (Å²) in [5.74, 6) is -1.60. The molecule has 0 bridgehead atoms. The standard InChI is InChI=1S/C17H24N2O7S2/c1-13(20)18-11-14-4-6-16(7-5-14)28(25,26)19(9-2-3-17(21)22)15-8-10-27(23,24)12-15/h4-7,15H,2-3,8-12H2,1H3,(H,18,20)(H,21,22)/t15-/m1/s1. The highest BCUT2D eigenvalue weighted by Crippen LogP contribution is 2.26. The number of sulfonamides is 1. The first-order valence-electron chi connectivity index (χ1n) is 8.79. The summed E-state index contributed by atoms with van der Waals surface area (Å²) in [6.45, 7) is 1.57. The Morgan fingerprint density at radius 2 is 1.89 bits per heavy atom. The van der Waals surface area contributed by atoms with Crippen LogP contribution in [0.15, 0.2) is 29.2 Å². The van der Waals surface area contributed by atoms with Gasteiger partial charge in [0.15, 0.2) is 9.84 Å². The molecule has 1 saturated heterocycles. The van der Waals surface area contributed by atoms with Gasteiger partial charge in [-0.1, -0.05) is 12.1 Å². The lowest BCUT2D eigenvalue weighted by atomic mass is 10.2. The lowest BCUT2D eigenvalue weighted by Gasteiger charge is -2.27. The fraction of sp³-hybridized carbons (Fsp3) is 0.529. The van der Waals surface area contributed by atoms with Crippen LogP contribution in [-0.4, -0.2) is 62.2 Å². The third kappa shape index (κ3) is 6.01. The molecule has 1 aliphatic rings. The van der Waals surface area contributed by atoms with Gasteiger partial charge in [0.05, 0.1) is 16.4 Å². The number of hydrogen-bond acceptors (Lipinski definition) is 6. The molecule has 0 unspecified atom stereocenters. The zero-order valence-electron chi connectivity index (χ0n) is 15.5. The summed E-state index contributed by atoms with van der Waals surface area (Å²) < 4.78 is 50.9. The minimum atomic E-state index is -3.99. The number of carbonyl (C=O) groups is 2. The van der Waals surface area contributed by atoms with Crippen LogP contribution in [0.25, 0.3) is 0 Å².